The van der Waals surface area contributed by atoms with Gasteiger partial charge in [-0.15, -0.1) is 12.4 Å². The minimum atomic E-state index is 0. The molecule has 7 nitrogen and oxygen atoms in total. The van der Waals surface area contributed by atoms with Crippen molar-refractivity contribution in [3.63, 3.8) is 0 Å². The summed E-state index contributed by atoms with van der Waals surface area (Å²) in [6.07, 6.45) is 0.0896. The molecule has 0 bridgehead atoms. The molecule has 3 rings (SSSR count). The number of rotatable bonds is 4. The van der Waals surface area contributed by atoms with Gasteiger partial charge < -0.3 is 24.6 Å². The number of fused-ring (bicyclic) bond motifs is 1. The zero-order valence-corrected chi connectivity index (χ0v) is 13.3. The first-order chi connectivity index (χ1) is 10.2. The molecule has 1 unspecified atom stereocenters. The normalized spacial score (nSPS) is 16.5. The molecule has 0 radical (unpaired) electrons. The van der Waals surface area contributed by atoms with Crippen LogP contribution in [-0.4, -0.2) is 29.9 Å². The molecule has 2 heterocycles. The van der Waals surface area contributed by atoms with Crippen molar-refractivity contribution in [2.24, 2.45) is 5.73 Å². The van der Waals surface area contributed by atoms with E-state index in [9.17, 15) is 0 Å². The number of ether oxygens (including phenoxy) is 2. The maximum absolute atomic E-state index is 5.84. The number of nitrogens with zero attached hydrogens (tertiary/aromatic N) is 3. The molecule has 1 aromatic heterocycles. The first kappa shape index (κ1) is 16.4. The molecule has 0 saturated carbocycles. The largest absolute Gasteiger partial charge is 0.497 e. The number of hydrogen-bond acceptors (Lipinski definition) is 7. The summed E-state index contributed by atoms with van der Waals surface area (Å²) >= 11 is 0. The van der Waals surface area contributed by atoms with Crippen LogP contribution in [0.1, 0.15) is 18.6 Å². The third-order valence-electron chi connectivity index (χ3n) is 3.33. The molecule has 0 amide bonds. The summed E-state index contributed by atoms with van der Waals surface area (Å²) in [5, 5.41) is 3.94. The van der Waals surface area contributed by atoms with E-state index in [1.807, 2.05) is 25.1 Å². The van der Waals surface area contributed by atoms with E-state index in [-0.39, 0.29) is 25.1 Å². The second-order valence-corrected chi connectivity index (χ2v) is 4.95. The van der Waals surface area contributed by atoms with Crippen molar-refractivity contribution < 1.29 is 14.0 Å². The topological polar surface area (TPSA) is 86.6 Å². The van der Waals surface area contributed by atoms with Gasteiger partial charge in [0.15, 0.2) is 5.82 Å². The van der Waals surface area contributed by atoms with Crippen LogP contribution in [0.3, 0.4) is 0 Å². The molecule has 0 spiro atoms. The summed E-state index contributed by atoms with van der Waals surface area (Å²) in [5.74, 6) is 2.67. The lowest BCUT2D eigenvalue weighted by Gasteiger charge is -2.34. The second kappa shape index (κ2) is 6.85. The van der Waals surface area contributed by atoms with Crippen LogP contribution in [0.25, 0.3) is 0 Å². The lowest BCUT2D eigenvalue weighted by molar-refractivity contribution is 0.211. The van der Waals surface area contributed by atoms with Gasteiger partial charge in [0.2, 0.25) is 5.89 Å². The van der Waals surface area contributed by atoms with Crippen molar-refractivity contribution >= 4 is 18.1 Å². The maximum atomic E-state index is 5.84. The van der Waals surface area contributed by atoms with E-state index in [2.05, 4.69) is 15.0 Å². The summed E-state index contributed by atoms with van der Waals surface area (Å²) < 4.78 is 16.2. The maximum Gasteiger partial charge on any atom is 0.240 e. The van der Waals surface area contributed by atoms with Crippen molar-refractivity contribution in [2.75, 3.05) is 18.6 Å². The van der Waals surface area contributed by atoms with E-state index in [1.165, 1.54) is 0 Å². The van der Waals surface area contributed by atoms with Crippen molar-refractivity contribution in [3.8, 4) is 11.5 Å². The Hall–Kier alpha value is -1.99. The standard InChI is InChI=1S/C14H18N4O3.ClH/c1-9-7-18(8-13-16-14(6-15)21-17-13)11-5-10(19-2)3-4-12(11)20-9;/h3-5,9H,6-8,15H2,1-2H3;1H. The summed E-state index contributed by atoms with van der Waals surface area (Å²) in [6.45, 7) is 3.56. The number of anilines is 1. The fraction of sp³-hybridized carbons (Fsp3) is 0.429. The summed E-state index contributed by atoms with van der Waals surface area (Å²) in [6, 6.07) is 5.75. The Balaban J connectivity index is 0.00000176. The Morgan fingerprint density at radius 2 is 2.27 bits per heavy atom. The van der Waals surface area contributed by atoms with Gasteiger partial charge in [0.25, 0.3) is 0 Å². The first-order valence-corrected chi connectivity index (χ1v) is 6.80. The van der Waals surface area contributed by atoms with Crippen molar-refractivity contribution in [3.05, 3.63) is 29.9 Å². The van der Waals surface area contributed by atoms with Crippen LogP contribution < -0.4 is 20.1 Å². The quantitative estimate of drug-likeness (QED) is 0.915. The van der Waals surface area contributed by atoms with Gasteiger partial charge in [0.1, 0.15) is 17.6 Å². The minimum Gasteiger partial charge on any atom is -0.497 e. The Labute approximate surface area is 134 Å². The number of benzene rings is 1. The van der Waals surface area contributed by atoms with E-state index in [1.54, 1.807) is 7.11 Å². The highest BCUT2D eigenvalue weighted by Gasteiger charge is 2.25. The predicted octanol–water partition coefficient (Wildman–Crippen LogP) is 1.75. The average molecular weight is 327 g/mol. The van der Waals surface area contributed by atoms with Crippen molar-refractivity contribution in [1.29, 1.82) is 0 Å². The molecular formula is C14H19ClN4O3. The van der Waals surface area contributed by atoms with E-state index in [4.69, 9.17) is 19.7 Å². The molecular weight excluding hydrogens is 308 g/mol. The molecule has 1 aliphatic rings. The third-order valence-corrected chi connectivity index (χ3v) is 3.33. The highest BCUT2D eigenvalue weighted by molar-refractivity contribution is 5.85. The Morgan fingerprint density at radius 3 is 2.95 bits per heavy atom. The fourth-order valence-corrected chi connectivity index (χ4v) is 2.39. The molecule has 22 heavy (non-hydrogen) atoms. The van der Waals surface area contributed by atoms with E-state index < -0.39 is 0 Å². The Morgan fingerprint density at radius 1 is 1.45 bits per heavy atom. The van der Waals surface area contributed by atoms with Gasteiger partial charge in [-0.25, -0.2) is 0 Å². The average Bonchev–Trinajstić information content (AvgIpc) is 2.94. The van der Waals surface area contributed by atoms with Crippen LogP contribution in [0.2, 0.25) is 0 Å². The highest BCUT2D eigenvalue weighted by atomic mass is 35.5. The van der Waals surface area contributed by atoms with Gasteiger partial charge in [-0.2, -0.15) is 4.98 Å². The van der Waals surface area contributed by atoms with Crippen LogP contribution in [0.4, 0.5) is 5.69 Å². The molecule has 1 aromatic carbocycles. The van der Waals surface area contributed by atoms with Gasteiger partial charge in [0, 0.05) is 6.07 Å². The molecule has 2 N–H and O–H groups in total. The van der Waals surface area contributed by atoms with E-state index in [0.29, 0.717) is 18.3 Å². The SMILES string of the molecule is COc1ccc2c(c1)N(Cc1noc(CN)n1)CC(C)O2.Cl. The molecule has 0 saturated heterocycles. The van der Waals surface area contributed by atoms with E-state index >= 15 is 0 Å². The molecule has 120 valence electrons. The van der Waals surface area contributed by atoms with Crippen molar-refractivity contribution in [1.82, 2.24) is 10.1 Å². The smallest absolute Gasteiger partial charge is 0.240 e. The van der Waals surface area contributed by atoms with Crippen LogP contribution in [0, 0.1) is 0 Å². The first-order valence-electron chi connectivity index (χ1n) is 6.80. The number of nitrogens with two attached hydrogens (primary N) is 1. The van der Waals surface area contributed by atoms with Gasteiger partial charge >= 0.3 is 0 Å². The Kier molecular flexibility index (Phi) is 5.10. The molecule has 1 atom stereocenters. The molecule has 0 aliphatic carbocycles. The van der Waals surface area contributed by atoms with Crippen LogP contribution >= 0.6 is 12.4 Å². The number of hydrogen-bond donors (Lipinski definition) is 1. The zero-order chi connectivity index (χ0) is 14.8. The number of halogens is 1. The Bertz CT molecular complexity index is 634. The van der Waals surface area contributed by atoms with E-state index in [0.717, 1.165) is 23.7 Å². The van der Waals surface area contributed by atoms with Crippen molar-refractivity contribution in [2.45, 2.75) is 26.1 Å². The lowest BCUT2D eigenvalue weighted by atomic mass is 10.2. The van der Waals surface area contributed by atoms with Crippen LogP contribution in [0.15, 0.2) is 22.7 Å². The second-order valence-electron chi connectivity index (χ2n) is 4.95. The number of methoxy groups -OCH3 is 1. The fourth-order valence-electron chi connectivity index (χ4n) is 2.39. The van der Waals surface area contributed by atoms with Gasteiger partial charge in [-0.1, -0.05) is 5.16 Å². The molecule has 8 heteroatoms. The third kappa shape index (κ3) is 3.26. The molecule has 2 aromatic rings. The molecule has 1 aliphatic heterocycles. The van der Waals surface area contributed by atoms with Crippen LogP contribution in [-0.2, 0) is 13.1 Å². The zero-order valence-electron chi connectivity index (χ0n) is 12.5. The van der Waals surface area contributed by atoms with Gasteiger partial charge in [-0.3, -0.25) is 0 Å². The highest BCUT2D eigenvalue weighted by Crippen LogP contribution is 2.36. The van der Waals surface area contributed by atoms with Gasteiger partial charge in [0.05, 0.1) is 32.4 Å². The summed E-state index contributed by atoms with van der Waals surface area (Å²) in [5.41, 5.74) is 6.45. The monoisotopic (exact) mass is 326 g/mol. The predicted molar refractivity (Wildman–Crippen MR) is 83.6 cm³/mol. The summed E-state index contributed by atoms with van der Waals surface area (Å²) in [7, 11) is 1.64. The lowest BCUT2D eigenvalue weighted by Crippen LogP contribution is -2.38. The van der Waals surface area contributed by atoms with Crippen LogP contribution in [0.5, 0.6) is 11.5 Å². The number of aromatic nitrogens is 2. The summed E-state index contributed by atoms with van der Waals surface area (Å²) in [4.78, 5) is 6.40. The van der Waals surface area contributed by atoms with Gasteiger partial charge in [-0.05, 0) is 19.1 Å². The minimum absolute atomic E-state index is 0. The molecule has 0 fully saturated rings.